The van der Waals surface area contributed by atoms with Crippen LogP contribution in [0, 0.1) is 5.92 Å². The SMILES string of the molecule is CN(C)c1ncc(CN2CCC(n3nccc3NC(=O)C3CCOC3)CC2)s1. The van der Waals surface area contributed by atoms with Gasteiger partial charge in [-0.3, -0.25) is 9.69 Å². The molecule has 9 heteroatoms. The third kappa shape index (κ3) is 4.37. The summed E-state index contributed by atoms with van der Waals surface area (Å²) >= 11 is 1.75. The van der Waals surface area contributed by atoms with Crippen molar-refractivity contribution >= 4 is 28.2 Å². The maximum absolute atomic E-state index is 12.4. The standard InChI is InChI=1S/C19H28N6O2S/c1-23(2)19-20-11-16(28-19)12-24-8-4-15(5-9-24)25-17(3-7-21-25)22-18(26)14-6-10-27-13-14/h3,7,11,14-15H,4-6,8-10,12-13H2,1-2H3,(H,22,26). The topological polar surface area (TPSA) is 75.5 Å². The summed E-state index contributed by atoms with van der Waals surface area (Å²) in [5, 5.41) is 8.59. The van der Waals surface area contributed by atoms with Gasteiger partial charge in [0, 0.05) is 57.5 Å². The second kappa shape index (κ2) is 8.59. The largest absolute Gasteiger partial charge is 0.381 e. The molecule has 28 heavy (non-hydrogen) atoms. The normalized spacial score (nSPS) is 21.1. The third-order valence-corrected chi connectivity index (χ3v) is 6.58. The van der Waals surface area contributed by atoms with Crippen molar-refractivity contribution in [2.75, 3.05) is 50.6 Å². The predicted molar refractivity (Wildman–Crippen MR) is 110 cm³/mol. The zero-order valence-corrected chi connectivity index (χ0v) is 17.3. The average Bonchev–Trinajstić information content (AvgIpc) is 3.44. The molecular weight excluding hydrogens is 376 g/mol. The molecule has 2 saturated heterocycles. The molecule has 1 atom stereocenters. The Kier molecular flexibility index (Phi) is 5.93. The first-order valence-electron chi connectivity index (χ1n) is 9.86. The number of likely N-dealkylation sites (tertiary alicyclic amines) is 1. The van der Waals surface area contributed by atoms with Gasteiger partial charge < -0.3 is 15.0 Å². The van der Waals surface area contributed by atoms with Gasteiger partial charge in [-0.1, -0.05) is 0 Å². The summed E-state index contributed by atoms with van der Waals surface area (Å²) in [6.07, 6.45) is 6.60. The van der Waals surface area contributed by atoms with Crippen LogP contribution in [0.15, 0.2) is 18.5 Å². The van der Waals surface area contributed by atoms with Gasteiger partial charge in [0.05, 0.1) is 24.8 Å². The number of hydrogen-bond acceptors (Lipinski definition) is 7. The van der Waals surface area contributed by atoms with Crippen molar-refractivity contribution in [3.8, 4) is 0 Å². The van der Waals surface area contributed by atoms with Crippen LogP contribution in [-0.2, 0) is 16.1 Å². The fraction of sp³-hybridized carbons (Fsp3) is 0.632. The number of thiazole rings is 1. The number of rotatable bonds is 6. The summed E-state index contributed by atoms with van der Waals surface area (Å²) in [6, 6.07) is 2.21. The predicted octanol–water partition coefficient (Wildman–Crippen LogP) is 2.22. The maximum atomic E-state index is 12.4. The van der Waals surface area contributed by atoms with Gasteiger partial charge in [0.2, 0.25) is 5.91 Å². The number of carbonyl (C=O) groups is 1. The van der Waals surface area contributed by atoms with Crippen LogP contribution in [0.4, 0.5) is 10.9 Å². The van der Waals surface area contributed by atoms with Crippen molar-refractivity contribution in [1.82, 2.24) is 19.7 Å². The minimum absolute atomic E-state index is 0.0403. The van der Waals surface area contributed by atoms with E-state index in [4.69, 9.17) is 4.74 Å². The van der Waals surface area contributed by atoms with E-state index in [-0.39, 0.29) is 11.8 Å². The van der Waals surface area contributed by atoms with Crippen LogP contribution < -0.4 is 10.2 Å². The van der Waals surface area contributed by atoms with Gasteiger partial charge in [0.1, 0.15) is 5.82 Å². The maximum Gasteiger partial charge on any atom is 0.231 e. The number of nitrogens with one attached hydrogen (secondary N) is 1. The first-order valence-corrected chi connectivity index (χ1v) is 10.7. The minimum Gasteiger partial charge on any atom is -0.381 e. The zero-order valence-electron chi connectivity index (χ0n) is 16.5. The Morgan fingerprint density at radius 1 is 1.36 bits per heavy atom. The summed E-state index contributed by atoms with van der Waals surface area (Å²) in [4.78, 5) is 22.7. The van der Waals surface area contributed by atoms with Gasteiger partial charge >= 0.3 is 0 Å². The van der Waals surface area contributed by atoms with Crippen LogP contribution in [-0.4, -0.2) is 66.0 Å². The van der Waals surface area contributed by atoms with Gasteiger partial charge in [0.25, 0.3) is 0 Å². The molecular formula is C19H28N6O2S. The van der Waals surface area contributed by atoms with Crippen LogP contribution in [0.2, 0.25) is 0 Å². The molecule has 2 aliphatic rings. The second-order valence-electron chi connectivity index (χ2n) is 7.72. The Bertz CT molecular complexity index is 790. The molecule has 0 bridgehead atoms. The fourth-order valence-corrected chi connectivity index (χ4v) is 4.67. The smallest absolute Gasteiger partial charge is 0.231 e. The highest BCUT2D eigenvalue weighted by Gasteiger charge is 2.27. The molecule has 4 rings (SSSR count). The van der Waals surface area contributed by atoms with E-state index >= 15 is 0 Å². The molecule has 2 fully saturated rings. The lowest BCUT2D eigenvalue weighted by Crippen LogP contribution is -2.35. The summed E-state index contributed by atoms with van der Waals surface area (Å²) in [7, 11) is 4.04. The molecule has 4 heterocycles. The molecule has 8 nitrogen and oxygen atoms in total. The lowest BCUT2D eigenvalue weighted by Gasteiger charge is -2.32. The van der Waals surface area contributed by atoms with E-state index in [1.807, 2.05) is 35.9 Å². The van der Waals surface area contributed by atoms with Crippen molar-refractivity contribution in [3.05, 3.63) is 23.3 Å². The molecule has 1 amide bonds. The summed E-state index contributed by atoms with van der Waals surface area (Å²) in [6.45, 7) is 4.17. The Morgan fingerprint density at radius 3 is 2.86 bits per heavy atom. The van der Waals surface area contributed by atoms with E-state index in [1.165, 1.54) is 4.88 Å². The van der Waals surface area contributed by atoms with Gasteiger partial charge in [0.15, 0.2) is 5.13 Å². The van der Waals surface area contributed by atoms with Crippen LogP contribution in [0.3, 0.4) is 0 Å². The van der Waals surface area contributed by atoms with E-state index in [0.717, 1.165) is 49.8 Å². The Hall–Kier alpha value is -1.97. The lowest BCUT2D eigenvalue weighted by atomic mass is 10.1. The molecule has 0 aromatic carbocycles. The fourth-order valence-electron chi connectivity index (χ4n) is 3.79. The molecule has 0 saturated carbocycles. The molecule has 1 unspecified atom stereocenters. The number of anilines is 2. The van der Waals surface area contributed by atoms with E-state index in [2.05, 4.69) is 20.3 Å². The van der Waals surface area contributed by atoms with Crippen LogP contribution in [0.5, 0.6) is 0 Å². The molecule has 2 aromatic rings. The number of piperidine rings is 1. The van der Waals surface area contributed by atoms with Crippen LogP contribution >= 0.6 is 11.3 Å². The van der Waals surface area contributed by atoms with Crippen molar-refractivity contribution in [3.63, 3.8) is 0 Å². The molecule has 0 radical (unpaired) electrons. The molecule has 0 spiro atoms. The van der Waals surface area contributed by atoms with Crippen molar-refractivity contribution in [2.24, 2.45) is 5.92 Å². The second-order valence-corrected chi connectivity index (χ2v) is 8.82. The number of nitrogens with zero attached hydrogens (tertiary/aromatic N) is 5. The number of amides is 1. The minimum atomic E-state index is -0.0448. The van der Waals surface area contributed by atoms with Crippen LogP contribution in [0.25, 0.3) is 0 Å². The highest BCUT2D eigenvalue weighted by Crippen LogP contribution is 2.28. The Morgan fingerprint density at radius 2 is 2.18 bits per heavy atom. The molecule has 152 valence electrons. The molecule has 2 aromatic heterocycles. The van der Waals surface area contributed by atoms with Gasteiger partial charge in [-0.15, -0.1) is 11.3 Å². The molecule has 0 aliphatic carbocycles. The third-order valence-electron chi connectivity index (χ3n) is 5.43. The van der Waals surface area contributed by atoms with E-state index in [9.17, 15) is 4.79 Å². The molecule has 1 N–H and O–H groups in total. The highest BCUT2D eigenvalue weighted by atomic mass is 32.1. The molecule has 2 aliphatic heterocycles. The van der Waals surface area contributed by atoms with Gasteiger partial charge in [-0.2, -0.15) is 5.10 Å². The van der Waals surface area contributed by atoms with Crippen molar-refractivity contribution in [2.45, 2.75) is 31.8 Å². The average molecular weight is 405 g/mol. The summed E-state index contributed by atoms with van der Waals surface area (Å²) in [5.41, 5.74) is 0. The summed E-state index contributed by atoms with van der Waals surface area (Å²) in [5.74, 6) is 0.795. The summed E-state index contributed by atoms with van der Waals surface area (Å²) < 4.78 is 7.31. The van der Waals surface area contributed by atoms with Gasteiger partial charge in [-0.05, 0) is 19.3 Å². The first kappa shape index (κ1) is 19.4. The monoisotopic (exact) mass is 404 g/mol. The number of ether oxygens (including phenoxy) is 1. The Labute approximate surface area is 169 Å². The Balaban J connectivity index is 1.31. The quantitative estimate of drug-likeness (QED) is 0.796. The van der Waals surface area contributed by atoms with Crippen molar-refractivity contribution < 1.29 is 9.53 Å². The van der Waals surface area contributed by atoms with E-state index in [1.54, 1.807) is 17.5 Å². The highest BCUT2D eigenvalue weighted by molar-refractivity contribution is 7.15. The number of aromatic nitrogens is 3. The van der Waals surface area contributed by atoms with Crippen molar-refractivity contribution in [1.29, 1.82) is 0 Å². The number of carbonyl (C=O) groups excluding carboxylic acids is 1. The van der Waals surface area contributed by atoms with Crippen LogP contribution in [0.1, 0.15) is 30.2 Å². The van der Waals surface area contributed by atoms with E-state index in [0.29, 0.717) is 19.3 Å². The lowest BCUT2D eigenvalue weighted by molar-refractivity contribution is -0.119. The number of hydrogen-bond donors (Lipinski definition) is 1. The van der Waals surface area contributed by atoms with Gasteiger partial charge in [-0.25, -0.2) is 9.67 Å². The van der Waals surface area contributed by atoms with E-state index < -0.39 is 0 Å². The first-order chi connectivity index (χ1) is 13.6. The zero-order chi connectivity index (χ0) is 19.5.